The molecule has 1 amide bonds. The fraction of sp³-hybridized carbons (Fsp3) is 0.211. The Morgan fingerprint density at radius 2 is 1.96 bits per heavy atom. The topological polar surface area (TPSA) is 69.9 Å². The number of ether oxygens (including phenoxy) is 2. The molecule has 0 N–H and O–H groups in total. The van der Waals surface area contributed by atoms with Gasteiger partial charge in [0.25, 0.3) is 5.91 Å². The first-order chi connectivity index (χ1) is 13.4. The van der Waals surface area contributed by atoms with Crippen molar-refractivity contribution in [3.8, 4) is 5.75 Å². The van der Waals surface area contributed by atoms with Crippen LogP contribution in [-0.2, 0) is 16.1 Å². The van der Waals surface area contributed by atoms with Crippen molar-refractivity contribution in [3.05, 3.63) is 56.8 Å². The molecule has 0 spiro atoms. The van der Waals surface area contributed by atoms with Crippen molar-refractivity contribution in [2.24, 2.45) is 4.99 Å². The SMILES string of the molecule is CCOC(=O)Cn1c(=NC(=O)c2cc(Cl)ccc2Cl)sc2cc(OC)ccc21. The van der Waals surface area contributed by atoms with Gasteiger partial charge in [-0.1, -0.05) is 34.5 Å². The van der Waals surface area contributed by atoms with Gasteiger partial charge in [0.05, 0.1) is 34.5 Å². The Bertz CT molecular complexity index is 1120. The maximum absolute atomic E-state index is 12.7. The van der Waals surface area contributed by atoms with Crippen LogP contribution in [0.4, 0.5) is 0 Å². The molecule has 0 aliphatic heterocycles. The summed E-state index contributed by atoms with van der Waals surface area (Å²) in [4.78, 5) is 29.3. The van der Waals surface area contributed by atoms with Gasteiger partial charge in [-0.05, 0) is 43.3 Å². The van der Waals surface area contributed by atoms with E-state index in [9.17, 15) is 9.59 Å². The molecule has 3 aromatic rings. The molecule has 6 nitrogen and oxygen atoms in total. The minimum absolute atomic E-state index is 0.0738. The van der Waals surface area contributed by atoms with Crippen LogP contribution in [0.2, 0.25) is 10.0 Å². The summed E-state index contributed by atoms with van der Waals surface area (Å²) >= 11 is 13.3. The van der Waals surface area contributed by atoms with Gasteiger partial charge in [0.15, 0.2) is 4.80 Å². The number of thiazole rings is 1. The Kier molecular flexibility index (Phi) is 6.39. The standard InChI is InChI=1S/C19H16Cl2N2O4S/c1-3-27-17(24)10-23-15-7-5-12(26-2)9-16(15)28-19(23)22-18(25)13-8-11(20)4-6-14(13)21/h4-9H,3,10H2,1-2H3. The Balaban J connectivity index is 2.14. The normalized spacial score (nSPS) is 11.6. The van der Waals surface area contributed by atoms with Gasteiger partial charge in [0.2, 0.25) is 0 Å². The molecular formula is C19H16Cl2N2O4S. The van der Waals surface area contributed by atoms with Gasteiger partial charge < -0.3 is 14.0 Å². The van der Waals surface area contributed by atoms with Crippen LogP contribution in [0.15, 0.2) is 41.4 Å². The first-order valence-corrected chi connectivity index (χ1v) is 9.87. The summed E-state index contributed by atoms with van der Waals surface area (Å²) in [7, 11) is 1.57. The molecule has 2 aromatic carbocycles. The van der Waals surface area contributed by atoms with E-state index < -0.39 is 11.9 Å². The van der Waals surface area contributed by atoms with Crippen molar-refractivity contribution in [1.29, 1.82) is 0 Å². The minimum atomic E-state index is -0.552. The molecular weight excluding hydrogens is 423 g/mol. The number of methoxy groups -OCH3 is 1. The zero-order valence-corrected chi connectivity index (χ0v) is 17.4. The summed E-state index contributed by atoms with van der Waals surface area (Å²) in [5.41, 5.74) is 0.925. The van der Waals surface area contributed by atoms with Crippen LogP contribution >= 0.6 is 34.5 Å². The van der Waals surface area contributed by atoms with E-state index in [0.717, 1.165) is 10.2 Å². The number of halogens is 2. The molecule has 0 radical (unpaired) electrons. The highest BCUT2D eigenvalue weighted by Gasteiger charge is 2.15. The lowest BCUT2D eigenvalue weighted by atomic mass is 10.2. The van der Waals surface area contributed by atoms with E-state index in [4.69, 9.17) is 32.7 Å². The van der Waals surface area contributed by atoms with E-state index in [1.54, 1.807) is 36.8 Å². The summed E-state index contributed by atoms with van der Waals surface area (Å²) in [5.74, 6) is -0.316. The highest BCUT2D eigenvalue weighted by molar-refractivity contribution is 7.16. The fourth-order valence-corrected chi connectivity index (χ4v) is 3.99. The average molecular weight is 439 g/mol. The maximum Gasteiger partial charge on any atom is 0.326 e. The molecule has 0 fully saturated rings. The predicted molar refractivity (Wildman–Crippen MR) is 109 cm³/mol. The van der Waals surface area contributed by atoms with Crippen LogP contribution in [-0.4, -0.2) is 30.2 Å². The molecule has 0 unspecified atom stereocenters. The number of benzene rings is 2. The number of hydrogen-bond acceptors (Lipinski definition) is 5. The lowest BCUT2D eigenvalue weighted by molar-refractivity contribution is -0.143. The maximum atomic E-state index is 12.7. The molecule has 0 saturated heterocycles. The van der Waals surface area contributed by atoms with Gasteiger partial charge in [-0.25, -0.2) is 0 Å². The molecule has 9 heteroatoms. The largest absolute Gasteiger partial charge is 0.497 e. The van der Waals surface area contributed by atoms with Crippen LogP contribution < -0.4 is 9.54 Å². The summed E-state index contributed by atoms with van der Waals surface area (Å²) in [6.45, 7) is 1.92. The number of carbonyl (C=O) groups excluding carboxylic acids is 2. The van der Waals surface area contributed by atoms with Crippen molar-refractivity contribution in [2.75, 3.05) is 13.7 Å². The van der Waals surface area contributed by atoms with E-state index in [-0.39, 0.29) is 23.7 Å². The van der Waals surface area contributed by atoms with E-state index in [1.165, 1.54) is 23.5 Å². The summed E-state index contributed by atoms with van der Waals surface area (Å²) < 4.78 is 12.7. The molecule has 0 bridgehead atoms. The molecule has 0 atom stereocenters. The fourth-order valence-electron chi connectivity index (χ4n) is 2.56. The smallest absolute Gasteiger partial charge is 0.326 e. The summed E-state index contributed by atoms with van der Waals surface area (Å²) in [5, 5.41) is 0.626. The first-order valence-electron chi connectivity index (χ1n) is 8.30. The van der Waals surface area contributed by atoms with Crippen LogP contribution in [0.25, 0.3) is 10.2 Å². The van der Waals surface area contributed by atoms with Crippen molar-refractivity contribution in [1.82, 2.24) is 4.57 Å². The quantitative estimate of drug-likeness (QED) is 0.556. The minimum Gasteiger partial charge on any atom is -0.497 e. The third-order valence-electron chi connectivity index (χ3n) is 3.84. The van der Waals surface area contributed by atoms with Crippen molar-refractivity contribution in [3.63, 3.8) is 0 Å². The summed E-state index contributed by atoms with van der Waals surface area (Å²) in [6, 6.07) is 9.98. The number of fused-ring (bicyclic) bond motifs is 1. The Morgan fingerprint density at radius 3 is 2.68 bits per heavy atom. The second-order valence-electron chi connectivity index (χ2n) is 5.65. The number of carbonyl (C=O) groups is 2. The van der Waals surface area contributed by atoms with Crippen LogP contribution in [0, 0.1) is 0 Å². The Labute approximate surface area is 174 Å². The molecule has 3 rings (SSSR count). The molecule has 0 aliphatic carbocycles. The predicted octanol–water partition coefficient (Wildman–Crippen LogP) is 4.32. The average Bonchev–Trinajstić information content (AvgIpc) is 2.99. The van der Waals surface area contributed by atoms with Crippen molar-refractivity contribution >= 4 is 56.6 Å². The highest BCUT2D eigenvalue weighted by atomic mass is 35.5. The summed E-state index contributed by atoms with van der Waals surface area (Å²) in [6.07, 6.45) is 0. The lowest BCUT2D eigenvalue weighted by Crippen LogP contribution is -2.23. The van der Waals surface area contributed by atoms with Crippen LogP contribution in [0.3, 0.4) is 0 Å². The molecule has 28 heavy (non-hydrogen) atoms. The Morgan fingerprint density at radius 1 is 1.18 bits per heavy atom. The van der Waals surface area contributed by atoms with Gasteiger partial charge in [-0.15, -0.1) is 0 Å². The van der Waals surface area contributed by atoms with E-state index in [1.807, 2.05) is 6.07 Å². The molecule has 0 saturated carbocycles. The second-order valence-corrected chi connectivity index (χ2v) is 7.50. The third kappa shape index (κ3) is 4.38. The number of nitrogens with zero attached hydrogens (tertiary/aromatic N) is 2. The zero-order valence-electron chi connectivity index (χ0n) is 15.1. The monoisotopic (exact) mass is 438 g/mol. The van der Waals surface area contributed by atoms with E-state index in [0.29, 0.717) is 15.6 Å². The second kappa shape index (κ2) is 8.77. The number of amides is 1. The Hall–Kier alpha value is -2.35. The first kappa shape index (κ1) is 20.4. The highest BCUT2D eigenvalue weighted by Crippen LogP contribution is 2.24. The molecule has 1 heterocycles. The lowest BCUT2D eigenvalue weighted by Gasteiger charge is -2.06. The van der Waals surface area contributed by atoms with Crippen LogP contribution in [0.5, 0.6) is 5.75 Å². The van der Waals surface area contributed by atoms with Gasteiger partial charge in [-0.2, -0.15) is 4.99 Å². The third-order valence-corrected chi connectivity index (χ3v) is 5.44. The van der Waals surface area contributed by atoms with E-state index >= 15 is 0 Å². The van der Waals surface area contributed by atoms with E-state index in [2.05, 4.69) is 4.99 Å². The number of rotatable bonds is 5. The van der Waals surface area contributed by atoms with Gasteiger partial charge in [-0.3, -0.25) is 9.59 Å². The van der Waals surface area contributed by atoms with Crippen LogP contribution in [0.1, 0.15) is 17.3 Å². The number of aromatic nitrogens is 1. The van der Waals surface area contributed by atoms with Gasteiger partial charge in [0, 0.05) is 5.02 Å². The van der Waals surface area contributed by atoms with Gasteiger partial charge in [0.1, 0.15) is 12.3 Å². The molecule has 0 aliphatic rings. The van der Waals surface area contributed by atoms with Gasteiger partial charge >= 0.3 is 5.97 Å². The van der Waals surface area contributed by atoms with Crippen molar-refractivity contribution < 1.29 is 19.1 Å². The molecule has 146 valence electrons. The number of hydrogen-bond donors (Lipinski definition) is 0. The number of esters is 1. The molecule has 1 aromatic heterocycles. The van der Waals surface area contributed by atoms with Crippen molar-refractivity contribution in [2.45, 2.75) is 13.5 Å². The zero-order chi connectivity index (χ0) is 20.3.